The number of nitrogens with one attached hydrogen (secondary N) is 1. The molecule has 3 aromatic rings. The summed E-state index contributed by atoms with van der Waals surface area (Å²) >= 11 is 0. The van der Waals surface area contributed by atoms with E-state index >= 15 is 0 Å². The zero-order valence-corrected chi connectivity index (χ0v) is 17.8. The molecule has 0 saturated carbocycles. The number of pyridine rings is 1. The highest BCUT2D eigenvalue weighted by Crippen LogP contribution is 2.36. The van der Waals surface area contributed by atoms with Crippen LogP contribution in [0.1, 0.15) is 19.4 Å². The Balaban J connectivity index is 1.75. The molecule has 0 amide bonds. The van der Waals surface area contributed by atoms with E-state index in [1.54, 1.807) is 44.3 Å². The second-order valence-corrected chi connectivity index (χ2v) is 10.5. The summed E-state index contributed by atoms with van der Waals surface area (Å²) in [5.41, 5.74) is 1.73. The van der Waals surface area contributed by atoms with Gasteiger partial charge in [0.15, 0.2) is 0 Å². The average Bonchev–Trinajstić information content (AvgIpc) is 3.33. The first-order valence-electron chi connectivity index (χ1n) is 9.38. The molecule has 1 aliphatic rings. The number of aromatic amines is 1. The van der Waals surface area contributed by atoms with Gasteiger partial charge in [-0.1, -0.05) is 13.8 Å². The summed E-state index contributed by atoms with van der Waals surface area (Å²) < 4.78 is 54.9. The highest BCUT2D eigenvalue weighted by atomic mass is 32.2. The van der Waals surface area contributed by atoms with Crippen molar-refractivity contribution in [2.45, 2.75) is 30.1 Å². The van der Waals surface area contributed by atoms with Gasteiger partial charge >= 0.3 is 0 Å². The van der Waals surface area contributed by atoms with Gasteiger partial charge in [-0.15, -0.1) is 0 Å². The van der Waals surface area contributed by atoms with Crippen molar-refractivity contribution in [2.75, 3.05) is 23.9 Å². The number of nitrogens with zero attached hydrogens (tertiary/aromatic N) is 3. The number of benzene rings is 1. The fraction of sp³-hybridized carbons (Fsp3) is 0.316. The van der Waals surface area contributed by atoms with Gasteiger partial charge in [0.2, 0.25) is 10.0 Å². The normalized spacial score (nSPS) is 14.7. The van der Waals surface area contributed by atoms with E-state index in [1.807, 2.05) is 0 Å². The molecule has 0 bridgehead atoms. The van der Waals surface area contributed by atoms with Crippen LogP contribution >= 0.6 is 0 Å². The van der Waals surface area contributed by atoms with Crippen LogP contribution in [-0.2, 0) is 26.5 Å². The maximum Gasteiger partial charge on any atom is 0.266 e. The molecule has 154 valence electrons. The molecule has 1 N–H and O–H groups in total. The van der Waals surface area contributed by atoms with Crippen LogP contribution < -0.4 is 4.31 Å². The quantitative estimate of drug-likeness (QED) is 0.641. The summed E-state index contributed by atoms with van der Waals surface area (Å²) in [6.07, 6.45) is 3.50. The Hall–Kier alpha value is -2.43. The molecule has 0 atom stereocenters. The molecule has 2 aromatic heterocycles. The zero-order valence-electron chi connectivity index (χ0n) is 16.2. The Kier molecular flexibility index (Phi) is 4.88. The Morgan fingerprint density at radius 1 is 1.14 bits per heavy atom. The number of hydrogen-bond donors (Lipinski definition) is 1. The van der Waals surface area contributed by atoms with E-state index in [4.69, 9.17) is 0 Å². The second-order valence-electron chi connectivity index (χ2n) is 6.76. The van der Waals surface area contributed by atoms with Gasteiger partial charge in [0, 0.05) is 37.4 Å². The molecule has 1 aromatic carbocycles. The molecule has 0 unspecified atom stereocenters. The smallest absolute Gasteiger partial charge is 0.266 e. The monoisotopic (exact) mass is 434 g/mol. The summed E-state index contributed by atoms with van der Waals surface area (Å²) in [7, 11) is -7.40. The lowest BCUT2D eigenvalue weighted by molar-refractivity contribution is 0.445. The first kappa shape index (κ1) is 19.9. The van der Waals surface area contributed by atoms with Gasteiger partial charge in [0.25, 0.3) is 10.0 Å². The molecule has 3 heterocycles. The molecule has 29 heavy (non-hydrogen) atoms. The molecule has 0 aliphatic carbocycles. The molecule has 0 saturated heterocycles. The van der Waals surface area contributed by atoms with Crippen molar-refractivity contribution in [3.63, 3.8) is 0 Å². The average molecular weight is 435 g/mol. The summed E-state index contributed by atoms with van der Waals surface area (Å²) in [6.45, 7) is 4.60. The third kappa shape index (κ3) is 3.11. The Morgan fingerprint density at radius 3 is 2.62 bits per heavy atom. The standard InChI is InChI=1S/C19H22N4O4S2/c1-3-22(4-2)28(24,25)15-7-8-17-14(12-15)9-11-23(17)29(26,27)18-13-21-19-16(18)6-5-10-20-19/h5-8,10,12-13H,3-4,9,11H2,1-2H3,(H,20,21). The van der Waals surface area contributed by atoms with Crippen LogP contribution in [-0.4, -0.2) is 50.7 Å². The third-order valence-electron chi connectivity index (χ3n) is 5.23. The van der Waals surface area contributed by atoms with E-state index < -0.39 is 20.0 Å². The second kappa shape index (κ2) is 7.12. The Morgan fingerprint density at radius 2 is 1.90 bits per heavy atom. The summed E-state index contributed by atoms with van der Waals surface area (Å²) in [5.74, 6) is 0. The largest absolute Gasteiger partial charge is 0.345 e. The van der Waals surface area contributed by atoms with E-state index in [1.165, 1.54) is 20.9 Å². The lowest BCUT2D eigenvalue weighted by Crippen LogP contribution is -2.30. The van der Waals surface area contributed by atoms with Crippen LogP contribution in [0.3, 0.4) is 0 Å². The topological polar surface area (TPSA) is 103 Å². The first-order chi connectivity index (χ1) is 13.8. The molecular formula is C19H22N4O4S2. The van der Waals surface area contributed by atoms with Gasteiger partial charge in [0.05, 0.1) is 10.6 Å². The highest BCUT2D eigenvalue weighted by Gasteiger charge is 2.34. The van der Waals surface area contributed by atoms with E-state index in [-0.39, 0.29) is 16.3 Å². The van der Waals surface area contributed by atoms with Gasteiger partial charge in [0.1, 0.15) is 10.5 Å². The van der Waals surface area contributed by atoms with Gasteiger partial charge in [-0.05, 0) is 42.3 Å². The van der Waals surface area contributed by atoms with Crippen LogP contribution in [0.15, 0.2) is 52.5 Å². The van der Waals surface area contributed by atoms with Crippen molar-refractivity contribution < 1.29 is 16.8 Å². The molecule has 0 spiro atoms. The maximum absolute atomic E-state index is 13.3. The van der Waals surface area contributed by atoms with E-state index in [0.29, 0.717) is 41.8 Å². The molecule has 10 heteroatoms. The predicted molar refractivity (Wildman–Crippen MR) is 111 cm³/mol. The van der Waals surface area contributed by atoms with Crippen LogP contribution in [0, 0.1) is 0 Å². The lowest BCUT2D eigenvalue weighted by Gasteiger charge is -2.21. The lowest BCUT2D eigenvalue weighted by atomic mass is 10.2. The molecular weight excluding hydrogens is 412 g/mol. The minimum atomic E-state index is -3.81. The van der Waals surface area contributed by atoms with Crippen molar-refractivity contribution in [3.05, 3.63) is 48.3 Å². The van der Waals surface area contributed by atoms with Gasteiger partial charge < -0.3 is 4.98 Å². The van der Waals surface area contributed by atoms with E-state index in [2.05, 4.69) is 9.97 Å². The van der Waals surface area contributed by atoms with Gasteiger partial charge in [-0.3, -0.25) is 4.31 Å². The number of aromatic nitrogens is 2. The van der Waals surface area contributed by atoms with Gasteiger partial charge in [-0.2, -0.15) is 4.31 Å². The number of H-pyrrole nitrogens is 1. The summed E-state index contributed by atoms with van der Waals surface area (Å²) in [4.78, 5) is 7.39. The fourth-order valence-electron chi connectivity index (χ4n) is 3.73. The number of fused-ring (bicyclic) bond motifs is 2. The summed E-state index contributed by atoms with van der Waals surface area (Å²) in [5, 5.41) is 0.529. The van der Waals surface area contributed by atoms with Crippen molar-refractivity contribution in [2.24, 2.45) is 0 Å². The molecule has 0 fully saturated rings. The minimum absolute atomic E-state index is 0.160. The number of hydrogen-bond acceptors (Lipinski definition) is 5. The molecule has 4 rings (SSSR count). The van der Waals surface area contributed by atoms with Crippen molar-refractivity contribution in [3.8, 4) is 0 Å². The van der Waals surface area contributed by atoms with Crippen molar-refractivity contribution >= 4 is 36.8 Å². The number of rotatable bonds is 6. The maximum atomic E-state index is 13.3. The minimum Gasteiger partial charge on any atom is -0.345 e. The van der Waals surface area contributed by atoms with E-state index in [9.17, 15) is 16.8 Å². The van der Waals surface area contributed by atoms with Gasteiger partial charge in [-0.25, -0.2) is 21.8 Å². The molecule has 0 radical (unpaired) electrons. The van der Waals surface area contributed by atoms with Crippen LogP contribution in [0.25, 0.3) is 11.0 Å². The third-order valence-corrected chi connectivity index (χ3v) is 9.13. The first-order valence-corrected chi connectivity index (χ1v) is 12.3. The summed E-state index contributed by atoms with van der Waals surface area (Å²) in [6, 6.07) is 8.07. The fourth-order valence-corrected chi connectivity index (χ4v) is 6.90. The van der Waals surface area contributed by atoms with Crippen molar-refractivity contribution in [1.82, 2.24) is 14.3 Å². The number of sulfonamides is 2. The molecule has 8 nitrogen and oxygen atoms in total. The number of anilines is 1. The van der Waals surface area contributed by atoms with Crippen LogP contribution in [0.5, 0.6) is 0 Å². The SMILES string of the molecule is CCN(CC)S(=O)(=O)c1ccc2c(c1)CCN2S(=O)(=O)c1c[nH]c2ncccc12. The highest BCUT2D eigenvalue weighted by molar-refractivity contribution is 7.93. The zero-order chi connectivity index (χ0) is 20.8. The van der Waals surface area contributed by atoms with Crippen LogP contribution in [0.2, 0.25) is 0 Å². The Bertz CT molecular complexity index is 1280. The van der Waals surface area contributed by atoms with Crippen LogP contribution in [0.4, 0.5) is 5.69 Å². The van der Waals surface area contributed by atoms with E-state index in [0.717, 1.165) is 0 Å². The van der Waals surface area contributed by atoms with Crippen molar-refractivity contribution in [1.29, 1.82) is 0 Å². The Labute approximate surface area is 170 Å². The molecule has 1 aliphatic heterocycles. The predicted octanol–water partition coefficient (Wildman–Crippen LogP) is 2.34.